The second kappa shape index (κ2) is 7.45. The predicted octanol–water partition coefficient (Wildman–Crippen LogP) is 4.32. The molecule has 1 aromatic heterocycles. The zero-order chi connectivity index (χ0) is 11.9. The molecule has 3 heteroatoms. The van der Waals surface area contributed by atoms with Crippen LogP contribution in [0.5, 0.6) is 0 Å². The summed E-state index contributed by atoms with van der Waals surface area (Å²) in [6, 6.07) is 5.11. The summed E-state index contributed by atoms with van der Waals surface area (Å²) in [7, 11) is 0. The van der Waals surface area contributed by atoms with E-state index < -0.39 is 0 Å². The van der Waals surface area contributed by atoms with E-state index in [-0.39, 0.29) is 0 Å². The molecule has 1 heterocycles. The highest BCUT2D eigenvalue weighted by Gasteiger charge is 2.26. The molecule has 0 amide bonds. The normalized spacial score (nSPS) is 18.6. The smallest absolute Gasteiger partial charge is 0.0443 e. The molecule has 0 radical (unpaired) electrons. The first-order chi connectivity index (χ1) is 8.42. The van der Waals surface area contributed by atoms with Crippen molar-refractivity contribution < 1.29 is 0 Å². The first kappa shape index (κ1) is 13.4. The second-order valence-electron chi connectivity index (χ2n) is 4.84. The Balaban J connectivity index is 1.88. The molecule has 17 heavy (non-hydrogen) atoms. The Morgan fingerprint density at radius 3 is 2.94 bits per heavy atom. The number of nitrogens with one attached hydrogen (secondary N) is 1. The van der Waals surface area contributed by atoms with Gasteiger partial charge in [-0.2, -0.15) is 11.8 Å². The predicted molar refractivity (Wildman–Crippen MR) is 80.0 cm³/mol. The van der Waals surface area contributed by atoms with E-state index in [0.717, 1.165) is 5.92 Å². The van der Waals surface area contributed by atoms with E-state index in [1.54, 1.807) is 4.88 Å². The van der Waals surface area contributed by atoms with Crippen molar-refractivity contribution in [3.8, 4) is 0 Å². The van der Waals surface area contributed by atoms with Gasteiger partial charge in [0.05, 0.1) is 0 Å². The molecule has 0 aliphatic heterocycles. The van der Waals surface area contributed by atoms with Crippen LogP contribution in [-0.2, 0) is 0 Å². The fraction of sp³-hybridized carbons (Fsp3) is 0.714. The van der Waals surface area contributed by atoms with Gasteiger partial charge in [0.1, 0.15) is 0 Å². The molecule has 1 saturated carbocycles. The van der Waals surface area contributed by atoms with Crippen molar-refractivity contribution in [1.29, 1.82) is 0 Å². The lowest BCUT2D eigenvalue weighted by Crippen LogP contribution is -2.27. The third kappa shape index (κ3) is 4.01. The minimum absolute atomic E-state index is 0.624. The zero-order valence-corrected chi connectivity index (χ0v) is 12.3. The Morgan fingerprint density at radius 2 is 2.29 bits per heavy atom. The van der Waals surface area contributed by atoms with E-state index in [1.165, 1.54) is 44.4 Å². The van der Waals surface area contributed by atoms with Gasteiger partial charge in [-0.3, -0.25) is 0 Å². The van der Waals surface area contributed by atoms with E-state index in [4.69, 9.17) is 0 Å². The van der Waals surface area contributed by atoms with E-state index in [9.17, 15) is 0 Å². The van der Waals surface area contributed by atoms with Crippen LogP contribution in [-0.4, -0.2) is 18.6 Å². The van der Waals surface area contributed by atoms with Gasteiger partial charge in [0.15, 0.2) is 0 Å². The topological polar surface area (TPSA) is 12.0 Å². The molecule has 0 bridgehead atoms. The van der Waals surface area contributed by atoms with E-state index in [2.05, 4.69) is 29.1 Å². The SMILES string of the molecule is CSCCCNC(c1cccs1)C1CCCC1. The molecule has 0 spiro atoms. The first-order valence-corrected chi connectivity index (χ1v) is 8.95. The zero-order valence-electron chi connectivity index (χ0n) is 10.7. The summed E-state index contributed by atoms with van der Waals surface area (Å²) < 4.78 is 0. The molecule has 0 saturated heterocycles. The lowest BCUT2D eigenvalue weighted by molar-refractivity contribution is 0.373. The van der Waals surface area contributed by atoms with Gasteiger partial charge >= 0.3 is 0 Å². The molecular formula is C14H23NS2. The van der Waals surface area contributed by atoms with Crippen molar-refractivity contribution in [3.05, 3.63) is 22.4 Å². The molecule has 1 N–H and O–H groups in total. The van der Waals surface area contributed by atoms with Crippen LogP contribution in [0.2, 0.25) is 0 Å². The number of rotatable bonds is 7. The van der Waals surface area contributed by atoms with Gasteiger partial charge in [0, 0.05) is 10.9 Å². The van der Waals surface area contributed by atoms with Gasteiger partial charge in [-0.25, -0.2) is 0 Å². The van der Waals surface area contributed by atoms with Crippen LogP contribution in [0.3, 0.4) is 0 Å². The average molecular weight is 269 g/mol. The highest BCUT2D eigenvalue weighted by Crippen LogP contribution is 2.37. The van der Waals surface area contributed by atoms with Crippen molar-refractivity contribution in [2.45, 2.75) is 38.1 Å². The van der Waals surface area contributed by atoms with Crippen LogP contribution in [0.1, 0.15) is 43.0 Å². The first-order valence-electron chi connectivity index (χ1n) is 6.67. The number of hydrogen-bond acceptors (Lipinski definition) is 3. The summed E-state index contributed by atoms with van der Waals surface area (Å²) in [6.07, 6.45) is 9.16. The van der Waals surface area contributed by atoms with E-state index >= 15 is 0 Å². The molecule has 1 unspecified atom stereocenters. The van der Waals surface area contributed by atoms with Crippen molar-refractivity contribution in [1.82, 2.24) is 5.32 Å². The maximum Gasteiger partial charge on any atom is 0.0443 e. The minimum atomic E-state index is 0.624. The van der Waals surface area contributed by atoms with Gasteiger partial charge in [-0.1, -0.05) is 18.9 Å². The van der Waals surface area contributed by atoms with Crippen molar-refractivity contribution in [3.63, 3.8) is 0 Å². The lowest BCUT2D eigenvalue weighted by atomic mass is 9.96. The van der Waals surface area contributed by atoms with Crippen LogP contribution in [0.25, 0.3) is 0 Å². The summed E-state index contributed by atoms with van der Waals surface area (Å²) in [5.74, 6) is 2.15. The highest BCUT2D eigenvalue weighted by molar-refractivity contribution is 7.98. The van der Waals surface area contributed by atoms with Gasteiger partial charge in [-0.15, -0.1) is 11.3 Å². The molecule has 1 nitrogen and oxygen atoms in total. The van der Waals surface area contributed by atoms with Crippen molar-refractivity contribution in [2.24, 2.45) is 5.92 Å². The maximum atomic E-state index is 3.80. The minimum Gasteiger partial charge on any atom is -0.309 e. The van der Waals surface area contributed by atoms with Crippen LogP contribution >= 0.6 is 23.1 Å². The molecular weight excluding hydrogens is 246 g/mol. The fourth-order valence-electron chi connectivity index (χ4n) is 2.73. The van der Waals surface area contributed by atoms with Crippen LogP contribution in [0, 0.1) is 5.92 Å². The summed E-state index contributed by atoms with van der Waals surface area (Å²) in [5, 5.41) is 6.01. The Bertz CT molecular complexity index is 291. The number of thiophene rings is 1. The second-order valence-corrected chi connectivity index (χ2v) is 6.80. The van der Waals surface area contributed by atoms with Crippen LogP contribution in [0.4, 0.5) is 0 Å². The molecule has 1 aliphatic carbocycles. The molecule has 96 valence electrons. The summed E-state index contributed by atoms with van der Waals surface area (Å²) in [4.78, 5) is 1.54. The molecule has 1 atom stereocenters. The summed E-state index contributed by atoms with van der Waals surface area (Å²) >= 11 is 3.86. The monoisotopic (exact) mass is 269 g/mol. The fourth-order valence-corrected chi connectivity index (χ4v) is 4.06. The molecule has 0 aromatic carbocycles. The molecule has 1 aromatic rings. The number of thioether (sulfide) groups is 1. The van der Waals surface area contributed by atoms with E-state index in [1.807, 2.05) is 23.1 Å². The van der Waals surface area contributed by atoms with Crippen LogP contribution < -0.4 is 5.32 Å². The standard InChI is InChI=1S/C14H23NS2/c1-16-10-5-9-15-14(12-6-2-3-7-12)13-8-4-11-17-13/h4,8,11-12,14-15H,2-3,5-7,9-10H2,1H3. The summed E-state index contributed by atoms with van der Waals surface area (Å²) in [5.41, 5.74) is 0. The van der Waals surface area contributed by atoms with Gasteiger partial charge in [0.2, 0.25) is 0 Å². The Kier molecular flexibility index (Phi) is 5.89. The van der Waals surface area contributed by atoms with Gasteiger partial charge in [-0.05, 0) is 55.2 Å². The molecule has 1 aliphatic rings. The van der Waals surface area contributed by atoms with Gasteiger partial charge in [0.25, 0.3) is 0 Å². The Morgan fingerprint density at radius 1 is 1.47 bits per heavy atom. The van der Waals surface area contributed by atoms with Crippen molar-refractivity contribution in [2.75, 3.05) is 18.6 Å². The molecule has 1 fully saturated rings. The largest absolute Gasteiger partial charge is 0.309 e. The highest BCUT2D eigenvalue weighted by atomic mass is 32.2. The number of hydrogen-bond donors (Lipinski definition) is 1. The lowest BCUT2D eigenvalue weighted by Gasteiger charge is -2.23. The maximum absolute atomic E-state index is 3.80. The van der Waals surface area contributed by atoms with Gasteiger partial charge < -0.3 is 5.32 Å². The van der Waals surface area contributed by atoms with Crippen LogP contribution in [0.15, 0.2) is 17.5 Å². The van der Waals surface area contributed by atoms with E-state index in [0.29, 0.717) is 6.04 Å². The Labute approximate surface area is 113 Å². The Hall–Kier alpha value is 0.01000. The third-order valence-corrected chi connectivity index (χ3v) is 5.26. The third-order valence-electron chi connectivity index (χ3n) is 3.61. The summed E-state index contributed by atoms with van der Waals surface area (Å²) in [6.45, 7) is 1.17. The quantitative estimate of drug-likeness (QED) is 0.740. The molecule has 2 rings (SSSR count). The average Bonchev–Trinajstić information content (AvgIpc) is 3.02. The van der Waals surface area contributed by atoms with Crippen molar-refractivity contribution >= 4 is 23.1 Å².